The first-order chi connectivity index (χ1) is 11.2. The summed E-state index contributed by atoms with van der Waals surface area (Å²) in [7, 11) is 0. The minimum absolute atomic E-state index is 0.0104. The molecule has 2 heterocycles. The van der Waals surface area contributed by atoms with Crippen LogP contribution in [0.25, 0.3) is 0 Å². The van der Waals surface area contributed by atoms with Crippen molar-refractivity contribution in [3.63, 3.8) is 0 Å². The van der Waals surface area contributed by atoms with Crippen molar-refractivity contribution in [3.8, 4) is 0 Å². The molecular weight excluding hydrogens is 288 g/mol. The number of hydrogen-bond donors (Lipinski definition) is 0. The molecule has 0 amide bonds. The molecule has 0 aliphatic carbocycles. The second-order valence-corrected chi connectivity index (χ2v) is 6.73. The van der Waals surface area contributed by atoms with Crippen molar-refractivity contribution < 1.29 is 14.2 Å². The van der Waals surface area contributed by atoms with Gasteiger partial charge in [-0.2, -0.15) is 0 Å². The van der Waals surface area contributed by atoms with E-state index in [-0.39, 0.29) is 12.2 Å². The Balaban J connectivity index is 1.69. The maximum absolute atomic E-state index is 6.45. The van der Waals surface area contributed by atoms with Gasteiger partial charge in [-0.15, -0.1) is 6.58 Å². The highest BCUT2D eigenvalue weighted by molar-refractivity contribution is 5.13. The third-order valence-electron chi connectivity index (χ3n) is 5.07. The lowest BCUT2D eigenvalue weighted by molar-refractivity contribution is -0.346. The maximum Gasteiger partial charge on any atom is 0.194 e. The van der Waals surface area contributed by atoms with Gasteiger partial charge < -0.3 is 14.2 Å². The summed E-state index contributed by atoms with van der Waals surface area (Å²) in [5, 5.41) is 0. The van der Waals surface area contributed by atoms with Crippen molar-refractivity contribution in [2.75, 3.05) is 6.61 Å². The van der Waals surface area contributed by atoms with Crippen LogP contribution in [0.1, 0.15) is 44.6 Å². The van der Waals surface area contributed by atoms with Gasteiger partial charge in [-0.25, -0.2) is 0 Å². The molecule has 1 spiro atoms. The zero-order valence-electron chi connectivity index (χ0n) is 14.1. The fraction of sp³-hybridized carbons (Fsp3) is 0.600. The van der Waals surface area contributed by atoms with E-state index in [0.717, 1.165) is 38.7 Å². The van der Waals surface area contributed by atoms with Gasteiger partial charge in [0.05, 0.1) is 19.3 Å². The molecular formula is C20H28O3. The van der Waals surface area contributed by atoms with E-state index < -0.39 is 5.79 Å². The molecule has 23 heavy (non-hydrogen) atoms. The first kappa shape index (κ1) is 16.7. The lowest BCUT2D eigenvalue weighted by Gasteiger charge is -2.49. The zero-order valence-corrected chi connectivity index (χ0v) is 14.1. The van der Waals surface area contributed by atoms with Gasteiger partial charge in [0.2, 0.25) is 0 Å². The van der Waals surface area contributed by atoms with Crippen molar-refractivity contribution >= 4 is 0 Å². The van der Waals surface area contributed by atoms with Crippen LogP contribution in [0.5, 0.6) is 0 Å². The van der Waals surface area contributed by atoms with E-state index in [9.17, 15) is 0 Å². The van der Waals surface area contributed by atoms with Gasteiger partial charge >= 0.3 is 0 Å². The summed E-state index contributed by atoms with van der Waals surface area (Å²) in [6.45, 7) is 7.46. The van der Waals surface area contributed by atoms with Crippen LogP contribution in [0, 0.1) is 5.92 Å². The predicted octanol–water partition coefficient (Wildman–Crippen LogP) is 4.47. The van der Waals surface area contributed by atoms with Crippen molar-refractivity contribution in [1.82, 2.24) is 0 Å². The largest absolute Gasteiger partial charge is 0.368 e. The van der Waals surface area contributed by atoms with Gasteiger partial charge in [-0.05, 0) is 31.2 Å². The lowest BCUT2D eigenvalue weighted by Crippen LogP contribution is -2.56. The summed E-state index contributed by atoms with van der Waals surface area (Å²) in [4.78, 5) is 0. The zero-order chi connectivity index (χ0) is 16.1. The molecule has 1 aromatic rings. The van der Waals surface area contributed by atoms with E-state index in [1.165, 1.54) is 5.56 Å². The summed E-state index contributed by atoms with van der Waals surface area (Å²) < 4.78 is 18.8. The summed E-state index contributed by atoms with van der Waals surface area (Å²) in [5.74, 6) is -0.222. The van der Waals surface area contributed by atoms with E-state index in [0.29, 0.717) is 12.5 Å². The molecule has 3 rings (SSSR count). The average Bonchev–Trinajstić information content (AvgIpc) is 2.61. The van der Waals surface area contributed by atoms with E-state index in [1.807, 2.05) is 24.3 Å². The normalized spacial score (nSPS) is 32.6. The maximum atomic E-state index is 6.45. The van der Waals surface area contributed by atoms with Crippen molar-refractivity contribution in [1.29, 1.82) is 0 Å². The van der Waals surface area contributed by atoms with Gasteiger partial charge in [0, 0.05) is 12.3 Å². The Hall–Kier alpha value is -1.16. The monoisotopic (exact) mass is 316 g/mol. The van der Waals surface area contributed by atoms with Crippen LogP contribution in [0.15, 0.2) is 43.0 Å². The molecule has 0 N–H and O–H groups in total. The quantitative estimate of drug-likeness (QED) is 0.750. The highest BCUT2D eigenvalue weighted by Gasteiger charge is 2.48. The smallest absolute Gasteiger partial charge is 0.194 e. The molecule has 2 aliphatic heterocycles. The van der Waals surface area contributed by atoms with E-state index >= 15 is 0 Å². The second-order valence-electron chi connectivity index (χ2n) is 6.73. The van der Waals surface area contributed by atoms with E-state index in [2.05, 4.69) is 25.6 Å². The Bertz CT molecular complexity index is 493. The van der Waals surface area contributed by atoms with Crippen LogP contribution >= 0.6 is 0 Å². The molecule has 0 aromatic heterocycles. The summed E-state index contributed by atoms with van der Waals surface area (Å²) in [6.07, 6.45) is 7.32. The Kier molecular flexibility index (Phi) is 5.52. The Morgan fingerprint density at radius 2 is 2.13 bits per heavy atom. The fourth-order valence-electron chi connectivity index (χ4n) is 3.57. The van der Waals surface area contributed by atoms with Crippen LogP contribution in [0.4, 0.5) is 0 Å². The molecule has 1 aromatic carbocycles. The summed E-state index contributed by atoms with van der Waals surface area (Å²) >= 11 is 0. The van der Waals surface area contributed by atoms with Crippen LogP contribution in [-0.2, 0) is 20.8 Å². The van der Waals surface area contributed by atoms with Gasteiger partial charge in [0.15, 0.2) is 5.79 Å². The number of hydrogen-bond acceptors (Lipinski definition) is 3. The van der Waals surface area contributed by atoms with Crippen molar-refractivity contribution in [3.05, 3.63) is 48.6 Å². The van der Waals surface area contributed by atoms with Crippen LogP contribution in [0.3, 0.4) is 0 Å². The second kappa shape index (κ2) is 7.61. The molecule has 0 bridgehead atoms. The van der Waals surface area contributed by atoms with Gasteiger partial charge in [0.1, 0.15) is 6.10 Å². The predicted molar refractivity (Wildman–Crippen MR) is 91.0 cm³/mol. The molecule has 3 heteroatoms. The Morgan fingerprint density at radius 3 is 2.83 bits per heavy atom. The molecule has 0 radical (unpaired) electrons. The third-order valence-corrected chi connectivity index (χ3v) is 5.07. The van der Waals surface area contributed by atoms with E-state index in [1.54, 1.807) is 0 Å². The van der Waals surface area contributed by atoms with Crippen LogP contribution < -0.4 is 0 Å². The van der Waals surface area contributed by atoms with Crippen molar-refractivity contribution in [2.45, 2.75) is 63.6 Å². The van der Waals surface area contributed by atoms with Crippen LogP contribution in [0.2, 0.25) is 0 Å². The molecule has 2 aliphatic rings. The fourth-order valence-corrected chi connectivity index (χ4v) is 3.57. The number of benzene rings is 1. The molecule has 0 unspecified atom stereocenters. The van der Waals surface area contributed by atoms with Gasteiger partial charge in [-0.3, -0.25) is 0 Å². The van der Waals surface area contributed by atoms with E-state index in [4.69, 9.17) is 14.2 Å². The molecule has 2 fully saturated rings. The first-order valence-electron chi connectivity index (χ1n) is 8.83. The Labute approximate surface area is 139 Å². The molecule has 3 nitrogen and oxygen atoms in total. The van der Waals surface area contributed by atoms with Crippen LogP contribution in [-0.4, -0.2) is 24.6 Å². The number of ether oxygens (including phenoxy) is 3. The molecule has 0 saturated carbocycles. The molecule has 126 valence electrons. The Morgan fingerprint density at radius 1 is 1.30 bits per heavy atom. The van der Waals surface area contributed by atoms with Crippen molar-refractivity contribution in [2.24, 2.45) is 5.92 Å². The standard InChI is InChI=1S/C20H28O3/c1-3-16(2)18-11-12-19(20(23-18)13-7-8-14-22-20)21-15-17-9-5-4-6-10-17/h3-6,9-10,16,18-19H,1,7-8,11-15H2,2H3/t16-,18-,19+,20+/m1/s1. The molecule has 4 atom stereocenters. The average molecular weight is 316 g/mol. The summed E-state index contributed by atoms with van der Waals surface area (Å²) in [6, 6.07) is 10.3. The highest BCUT2D eigenvalue weighted by atomic mass is 16.7. The topological polar surface area (TPSA) is 27.7 Å². The third kappa shape index (κ3) is 3.85. The van der Waals surface area contributed by atoms with Gasteiger partial charge in [-0.1, -0.05) is 43.3 Å². The summed E-state index contributed by atoms with van der Waals surface area (Å²) in [5.41, 5.74) is 1.19. The minimum Gasteiger partial charge on any atom is -0.368 e. The van der Waals surface area contributed by atoms with Gasteiger partial charge in [0.25, 0.3) is 0 Å². The number of rotatable bonds is 5. The first-order valence-corrected chi connectivity index (χ1v) is 8.83. The molecule has 2 saturated heterocycles. The SMILES string of the molecule is C=C[C@@H](C)[C@H]1CC[C@H](OCc2ccccc2)[C@]2(CCCCO2)O1. The highest BCUT2D eigenvalue weighted by Crippen LogP contribution is 2.41. The minimum atomic E-state index is -0.562. The lowest BCUT2D eigenvalue weighted by atomic mass is 9.88.